The molecule has 1 heterocycles. The fourth-order valence-corrected chi connectivity index (χ4v) is 1.18. The Kier molecular flexibility index (Phi) is 3.55. The SMILES string of the molecule is CC1C=CO/C(=C\[C@H](O)C(C)C)C1. The van der Waals surface area contributed by atoms with E-state index in [2.05, 4.69) is 6.92 Å². The van der Waals surface area contributed by atoms with Gasteiger partial charge in [0.2, 0.25) is 0 Å². The van der Waals surface area contributed by atoms with E-state index in [1.54, 1.807) is 6.26 Å². The van der Waals surface area contributed by atoms with Gasteiger partial charge in [-0.05, 0) is 24.0 Å². The first-order valence-electron chi connectivity index (χ1n) is 4.81. The first-order valence-corrected chi connectivity index (χ1v) is 4.81. The van der Waals surface area contributed by atoms with Gasteiger partial charge in [-0.15, -0.1) is 0 Å². The molecule has 2 atom stereocenters. The number of hydrogen-bond acceptors (Lipinski definition) is 2. The molecule has 0 aromatic carbocycles. The summed E-state index contributed by atoms with van der Waals surface area (Å²) in [6.07, 6.45) is 6.03. The molecule has 74 valence electrons. The lowest BCUT2D eigenvalue weighted by molar-refractivity contribution is 0.163. The molecule has 1 rings (SSSR count). The lowest BCUT2D eigenvalue weighted by atomic mass is 10.0. The number of allylic oxidation sites excluding steroid dienone is 2. The minimum atomic E-state index is -0.395. The standard InChI is InChI=1S/C11H18O2/c1-8(2)11(12)7-10-6-9(3)4-5-13-10/h4-5,7-9,11-12H,6H2,1-3H3/b10-7-/t9?,11-/m0/s1. The van der Waals surface area contributed by atoms with Crippen molar-refractivity contribution in [1.29, 1.82) is 0 Å². The van der Waals surface area contributed by atoms with E-state index < -0.39 is 6.10 Å². The number of rotatable bonds is 2. The third kappa shape index (κ3) is 3.23. The van der Waals surface area contributed by atoms with Crippen LogP contribution in [-0.4, -0.2) is 11.2 Å². The Labute approximate surface area is 79.9 Å². The fraction of sp³-hybridized carbons (Fsp3) is 0.636. The van der Waals surface area contributed by atoms with Gasteiger partial charge < -0.3 is 9.84 Å². The Balaban J connectivity index is 2.57. The molecular weight excluding hydrogens is 164 g/mol. The van der Waals surface area contributed by atoms with Crippen molar-refractivity contribution >= 4 is 0 Å². The van der Waals surface area contributed by atoms with Gasteiger partial charge in [-0.1, -0.05) is 20.8 Å². The zero-order valence-electron chi connectivity index (χ0n) is 8.53. The maximum Gasteiger partial charge on any atom is 0.102 e. The molecule has 0 saturated heterocycles. The second-order valence-corrected chi connectivity index (χ2v) is 4.00. The highest BCUT2D eigenvalue weighted by molar-refractivity contribution is 5.06. The van der Waals surface area contributed by atoms with Crippen molar-refractivity contribution in [2.45, 2.75) is 33.3 Å². The molecule has 13 heavy (non-hydrogen) atoms. The zero-order chi connectivity index (χ0) is 9.84. The van der Waals surface area contributed by atoms with Crippen molar-refractivity contribution < 1.29 is 9.84 Å². The van der Waals surface area contributed by atoms with Crippen LogP contribution in [0, 0.1) is 11.8 Å². The third-order valence-corrected chi connectivity index (χ3v) is 2.19. The highest BCUT2D eigenvalue weighted by Gasteiger charge is 2.12. The van der Waals surface area contributed by atoms with Crippen LogP contribution in [-0.2, 0) is 4.74 Å². The van der Waals surface area contributed by atoms with Crippen LogP contribution in [0.4, 0.5) is 0 Å². The van der Waals surface area contributed by atoms with Crippen molar-refractivity contribution in [2.75, 3.05) is 0 Å². The quantitative estimate of drug-likeness (QED) is 0.710. The molecule has 1 aliphatic heterocycles. The van der Waals surface area contributed by atoms with E-state index in [-0.39, 0.29) is 5.92 Å². The van der Waals surface area contributed by atoms with Crippen LogP contribution >= 0.6 is 0 Å². The maximum absolute atomic E-state index is 9.58. The van der Waals surface area contributed by atoms with Crippen LogP contribution < -0.4 is 0 Å². The van der Waals surface area contributed by atoms with Crippen molar-refractivity contribution in [3.8, 4) is 0 Å². The third-order valence-electron chi connectivity index (χ3n) is 2.19. The maximum atomic E-state index is 9.58. The molecule has 1 N–H and O–H groups in total. The topological polar surface area (TPSA) is 29.5 Å². The van der Waals surface area contributed by atoms with Gasteiger partial charge in [0.05, 0.1) is 12.4 Å². The minimum absolute atomic E-state index is 0.248. The van der Waals surface area contributed by atoms with E-state index in [0.717, 1.165) is 12.2 Å². The molecule has 0 amide bonds. The predicted molar refractivity (Wildman–Crippen MR) is 52.9 cm³/mol. The number of aliphatic hydroxyl groups is 1. The molecule has 2 nitrogen and oxygen atoms in total. The molecule has 0 spiro atoms. The number of aliphatic hydroxyl groups excluding tert-OH is 1. The summed E-state index contributed by atoms with van der Waals surface area (Å²) in [5.41, 5.74) is 0. The molecule has 1 aliphatic rings. The van der Waals surface area contributed by atoms with E-state index in [9.17, 15) is 5.11 Å². The highest BCUT2D eigenvalue weighted by Crippen LogP contribution is 2.21. The van der Waals surface area contributed by atoms with Crippen LogP contribution in [0.15, 0.2) is 24.2 Å². The number of ether oxygens (including phenoxy) is 1. The Bertz CT molecular complexity index is 216. The van der Waals surface area contributed by atoms with E-state index >= 15 is 0 Å². The Morgan fingerprint density at radius 3 is 2.85 bits per heavy atom. The van der Waals surface area contributed by atoms with Gasteiger partial charge >= 0.3 is 0 Å². The molecule has 2 heteroatoms. The summed E-state index contributed by atoms with van der Waals surface area (Å²) in [4.78, 5) is 0. The van der Waals surface area contributed by atoms with Crippen molar-refractivity contribution in [3.05, 3.63) is 24.2 Å². The molecule has 0 fully saturated rings. The summed E-state index contributed by atoms with van der Waals surface area (Å²) in [6.45, 7) is 6.11. The predicted octanol–water partition coefficient (Wildman–Crippen LogP) is 2.46. The van der Waals surface area contributed by atoms with Crippen LogP contribution in [0.1, 0.15) is 27.2 Å². The molecule has 0 aromatic rings. The average molecular weight is 182 g/mol. The molecule has 0 bridgehead atoms. The molecule has 0 aromatic heterocycles. The fourth-order valence-electron chi connectivity index (χ4n) is 1.18. The van der Waals surface area contributed by atoms with Gasteiger partial charge in [0, 0.05) is 6.42 Å². The smallest absolute Gasteiger partial charge is 0.102 e. The van der Waals surface area contributed by atoms with Gasteiger partial charge in [0.25, 0.3) is 0 Å². The van der Waals surface area contributed by atoms with Gasteiger partial charge in [-0.3, -0.25) is 0 Å². The van der Waals surface area contributed by atoms with Crippen molar-refractivity contribution in [1.82, 2.24) is 0 Å². The van der Waals surface area contributed by atoms with Crippen LogP contribution in [0.5, 0.6) is 0 Å². The second kappa shape index (κ2) is 4.47. The molecule has 1 unspecified atom stereocenters. The summed E-state index contributed by atoms with van der Waals surface area (Å²) in [6, 6.07) is 0. The number of hydrogen-bond donors (Lipinski definition) is 1. The van der Waals surface area contributed by atoms with Gasteiger partial charge in [-0.2, -0.15) is 0 Å². The summed E-state index contributed by atoms with van der Waals surface area (Å²) in [5, 5.41) is 9.58. The van der Waals surface area contributed by atoms with Crippen molar-refractivity contribution in [2.24, 2.45) is 11.8 Å². The Hall–Kier alpha value is -0.760. The zero-order valence-corrected chi connectivity index (χ0v) is 8.53. The molecular formula is C11H18O2. The second-order valence-electron chi connectivity index (χ2n) is 4.00. The lowest BCUT2D eigenvalue weighted by Crippen LogP contribution is -2.13. The largest absolute Gasteiger partial charge is 0.470 e. The summed E-state index contributed by atoms with van der Waals surface area (Å²) in [7, 11) is 0. The first-order chi connectivity index (χ1) is 6.09. The molecule has 0 aliphatic carbocycles. The lowest BCUT2D eigenvalue weighted by Gasteiger charge is -2.18. The van der Waals surface area contributed by atoms with E-state index in [4.69, 9.17) is 4.74 Å². The van der Waals surface area contributed by atoms with E-state index in [1.807, 2.05) is 26.0 Å². The van der Waals surface area contributed by atoms with Gasteiger partial charge in [0.1, 0.15) is 5.76 Å². The van der Waals surface area contributed by atoms with Gasteiger partial charge in [-0.25, -0.2) is 0 Å². The monoisotopic (exact) mass is 182 g/mol. The molecule has 0 saturated carbocycles. The summed E-state index contributed by atoms with van der Waals surface area (Å²) >= 11 is 0. The van der Waals surface area contributed by atoms with Crippen LogP contribution in [0.25, 0.3) is 0 Å². The first kappa shape index (κ1) is 10.3. The average Bonchev–Trinajstić information content (AvgIpc) is 2.04. The van der Waals surface area contributed by atoms with Crippen LogP contribution in [0.3, 0.4) is 0 Å². The Morgan fingerprint density at radius 1 is 1.62 bits per heavy atom. The van der Waals surface area contributed by atoms with E-state index in [1.165, 1.54) is 0 Å². The Morgan fingerprint density at radius 2 is 2.31 bits per heavy atom. The normalized spacial score (nSPS) is 27.8. The van der Waals surface area contributed by atoms with Crippen LogP contribution in [0.2, 0.25) is 0 Å². The van der Waals surface area contributed by atoms with Crippen molar-refractivity contribution in [3.63, 3.8) is 0 Å². The summed E-state index contributed by atoms with van der Waals surface area (Å²) < 4.78 is 5.29. The van der Waals surface area contributed by atoms with Gasteiger partial charge in [0.15, 0.2) is 0 Å². The minimum Gasteiger partial charge on any atom is -0.470 e. The summed E-state index contributed by atoms with van der Waals surface area (Å²) in [5.74, 6) is 1.65. The van der Waals surface area contributed by atoms with E-state index in [0.29, 0.717) is 5.92 Å². The molecule has 0 radical (unpaired) electrons. The highest BCUT2D eigenvalue weighted by atomic mass is 16.5.